The first-order valence-electron chi connectivity index (χ1n) is 14.5. The molecule has 0 aromatic heterocycles. The van der Waals surface area contributed by atoms with Crippen molar-refractivity contribution in [3.63, 3.8) is 0 Å². The molecule has 0 aliphatic carbocycles. The molecule has 1 fully saturated rings. The van der Waals surface area contributed by atoms with E-state index in [4.69, 9.17) is 28.4 Å². The highest BCUT2D eigenvalue weighted by atomic mass is 19.4. The SMILES string of the molecule is COC(=O)c1ccc(OCc2ccc(OC)cc2)cc1OC[C@H](CN1CCC2(CC1)Cc1ccccc1O2)OC(=O)C(F)(F)F. The molecule has 3 aromatic rings. The lowest BCUT2D eigenvalue weighted by molar-refractivity contribution is -0.206. The molecule has 1 spiro atoms. The van der Waals surface area contributed by atoms with Gasteiger partial charge in [0.2, 0.25) is 0 Å². The Morgan fingerprint density at radius 3 is 2.33 bits per heavy atom. The molecule has 9 nitrogen and oxygen atoms in total. The number of methoxy groups -OCH3 is 2. The van der Waals surface area contributed by atoms with Gasteiger partial charge in [-0.2, -0.15) is 13.2 Å². The molecule has 0 saturated carbocycles. The summed E-state index contributed by atoms with van der Waals surface area (Å²) in [6, 6.07) is 19.5. The third-order valence-electron chi connectivity index (χ3n) is 7.89. The average molecular weight is 630 g/mol. The van der Waals surface area contributed by atoms with Gasteiger partial charge in [-0.05, 0) is 41.5 Å². The highest BCUT2D eigenvalue weighted by Crippen LogP contribution is 2.41. The summed E-state index contributed by atoms with van der Waals surface area (Å²) in [6.45, 7) is 0.785. The summed E-state index contributed by atoms with van der Waals surface area (Å²) in [5.41, 5.74) is 1.65. The first-order valence-corrected chi connectivity index (χ1v) is 14.5. The summed E-state index contributed by atoms with van der Waals surface area (Å²) >= 11 is 0. The van der Waals surface area contributed by atoms with Crippen molar-refractivity contribution in [2.75, 3.05) is 40.5 Å². The Balaban J connectivity index is 1.26. The highest BCUT2D eigenvalue weighted by molar-refractivity contribution is 5.92. The van der Waals surface area contributed by atoms with Gasteiger partial charge in [0, 0.05) is 45.0 Å². The minimum atomic E-state index is -5.18. The molecule has 3 aromatic carbocycles. The van der Waals surface area contributed by atoms with Crippen LogP contribution in [0, 0.1) is 0 Å². The molecule has 0 unspecified atom stereocenters. The van der Waals surface area contributed by atoms with Gasteiger partial charge in [0.05, 0.1) is 14.2 Å². The molecule has 1 saturated heterocycles. The van der Waals surface area contributed by atoms with E-state index in [2.05, 4.69) is 0 Å². The first-order chi connectivity index (χ1) is 21.6. The number of piperidine rings is 1. The Hall–Kier alpha value is -4.45. The maximum atomic E-state index is 13.2. The van der Waals surface area contributed by atoms with Crippen LogP contribution < -0.4 is 18.9 Å². The van der Waals surface area contributed by atoms with Gasteiger partial charge in [0.1, 0.15) is 53.5 Å². The Labute approximate surface area is 258 Å². The second kappa shape index (κ2) is 13.7. The number of halogens is 3. The van der Waals surface area contributed by atoms with Crippen LogP contribution in [0.4, 0.5) is 13.2 Å². The molecule has 1 atom stereocenters. The Bertz CT molecular complexity index is 1460. The zero-order valence-electron chi connectivity index (χ0n) is 24.9. The normalized spacial score (nSPS) is 16.3. The number of hydrogen-bond donors (Lipinski definition) is 0. The number of carbonyl (C=O) groups excluding carboxylic acids is 2. The quantitative estimate of drug-likeness (QED) is 0.259. The highest BCUT2D eigenvalue weighted by Gasteiger charge is 2.44. The number of fused-ring (bicyclic) bond motifs is 1. The number of alkyl halides is 3. The summed E-state index contributed by atoms with van der Waals surface area (Å²) in [7, 11) is 2.76. The zero-order chi connectivity index (χ0) is 32.0. The van der Waals surface area contributed by atoms with Gasteiger partial charge in [-0.3, -0.25) is 4.90 Å². The minimum absolute atomic E-state index is 0.00787. The number of likely N-dealkylation sites (tertiary alicyclic amines) is 1. The third-order valence-corrected chi connectivity index (χ3v) is 7.89. The van der Waals surface area contributed by atoms with E-state index < -0.39 is 30.8 Å². The van der Waals surface area contributed by atoms with Crippen LogP contribution in [0.1, 0.15) is 34.3 Å². The van der Waals surface area contributed by atoms with Crippen LogP contribution in [0.2, 0.25) is 0 Å². The van der Waals surface area contributed by atoms with Crippen molar-refractivity contribution in [2.45, 2.75) is 43.8 Å². The van der Waals surface area contributed by atoms with Gasteiger partial charge >= 0.3 is 18.1 Å². The van der Waals surface area contributed by atoms with Crippen molar-refractivity contribution in [1.82, 2.24) is 4.90 Å². The van der Waals surface area contributed by atoms with E-state index in [0.717, 1.165) is 23.3 Å². The average Bonchev–Trinajstić information content (AvgIpc) is 3.40. The molecule has 2 aliphatic heterocycles. The molecular weight excluding hydrogens is 595 g/mol. The van der Waals surface area contributed by atoms with Crippen molar-refractivity contribution in [1.29, 1.82) is 0 Å². The van der Waals surface area contributed by atoms with E-state index in [1.54, 1.807) is 25.3 Å². The van der Waals surface area contributed by atoms with E-state index in [1.165, 1.54) is 19.2 Å². The number of nitrogens with zero attached hydrogens (tertiary/aromatic N) is 1. The number of ether oxygens (including phenoxy) is 6. The number of esters is 2. The van der Waals surface area contributed by atoms with Crippen LogP contribution >= 0.6 is 0 Å². The van der Waals surface area contributed by atoms with Crippen molar-refractivity contribution in [2.24, 2.45) is 0 Å². The Morgan fingerprint density at radius 1 is 0.956 bits per heavy atom. The van der Waals surface area contributed by atoms with E-state index in [9.17, 15) is 22.8 Å². The molecule has 12 heteroatoms. The Morgan fingerprint density at radius 2 is 1.67 bits per heavy atom. The lowest BCUT2D eigenvalue weighted by Crippen LogP contribution is -2.50. The van der Waals surface area contributed by atoms with Crippen LogP contribution in [0.15, 0.2) is 66.7 Å². The van der Waals surface area contributed by atoms with Gasteiger partial charge in [-0.15, -0.1) is 0 Å². The summed E-state index contributed by atoms with van der Waals surface area (Å²) in [5, 5.41) is 0. The third kappa shape index (κ3) is 7.99. The standard InChI is InChI=1S/C33H34F3NO8/c1-40-24-9-7-22(8-10-24)20-42-25-11-12-27(30(38)41-2)29(17-25)43-21-26(44-31(39)33(34,35)36)19-37-15-13-32(14-16-37)18-23-5-3-4-6-28(23)45-32/h3-12,17,26H,13-16,18-21H2,1-2H3/t26-/m0/s1. The molecule has 0 N–H and O–H groups in total. The predicted molar refractivity (Wildman–Crippen MR) is 156 cm³/mol. The molecule has 2 aliphatic rings. The molecule has 240 valence electrons. The van der Waals surface area contributed by atoms with Crippen LogP contribution in [0.25, 0.3) is 0 Å². The van der Waals surface area contributed by atoms with Crippen LogP contribution in [-0.2, 0) is 27.3 Å². The molecule has 2 heterocycles. The van der Waals surface area contributed by atoms with Crippen LogP contribution in [0.5, 0.6) is 23.0 Å². The zero-order valence-corrected chi connectivity index (χ0v) is 24.9. The lowest BCUT2D eigenvalue weighted by Gasteiger charge is -2.39. The summed E-state index contributed by atoms with van der Waals surface area (Å²) in [5.74, 6) is -1.13. The van der Waals surface area contributed by atoms with E-state index >= 15 is 0 Å². The summed E-state index contributed by atoms with van der Waals surface area (Å²) in [6.07, 6.45) is -4.39. The second-order valence-corrected chi connectivity index (χ2v) is 11.0. The number of rotatable bonds is 11. The fourth-order valence-corrected chi connectivity index (χ4v) is 5.48. The molecule has 45 heavy (non-hydrogen) atoms. The van der Waals surface area contributed by atoms with Crippen LogP contribution in [-0.4, -0.2) is 75.2 Å². The number of benzene rings is 3. The lowest BCUT2D eigenvalue weighted by atomic mass is 9.87. The van der Waals surface area contributed by atoms with Crippen molar-refractivity contribution < 1.29 is 51.2 Å². The van der Waals surface area contributed by atoms with Gasteiger partial charge in [-0.1, -0.05) is 30.3 Å². The summed E-state index contributed by atoms with van der Waals surface area (Å²) < 4.78 is 72.4. The van der Waals surface area contributed by atoms with Gasteiger partial charge in [0.15, 0.2) is 0 Å². The molecule has 0 amide bonds. The minimum Gasteiger partial charge on any atom is -0.497 e. The fraction of sp³-hybridized carbons (Fsp3) is 0.394. The maximum absolute atomic E-state index is 13.2. The Kier molecular flexibility index (Phi) is 9.71. The first kappa shape index (κ1) is 32.0. The van der Waals surface area contributed by atoms with Crippen molar-refractivity contribution >= 4 is 11.9 Å². The number of carbonyl (C=O) groups is 2. The summed E-state index contributed by atoms with van der Waals surface area (Å²) in [4.78, 5) is 26.2. The predicted octanol–water partition coefficient (Wildman–Crippen LogP) is 5.38. The smallest absolute Gasteiger partial charge is 0.490 e. The largest absolute Gasteiger partial charge is 0.497 e. The monoisotopic (exact) mass is 629 g/mol. The van der Waals surface area contributed by atoms with Crippen LogP contribution in [0.3, 0.4) is 0 Å². The fourth-order valence-electron chi connectivity index (χ4n) is 5.48. The van der Waals surface area contributed by atoms with E-state index in [0.29, 0.717) is 37.4 Å². The molecule has 5 rings (SSSR count). The molecular formula is C33H34F3NO8. The van der Waals surface area contributed by atoms with E-state index in [-0.39, 0.29) is 30.1 Å². The van der Waals surface area contributed by atoms with Crippen molar-refractivity contribution in [3.05, 3.63) is 83.4 Å². The van der Waals surface area contributed by atoms with Gasteiger partial charge in [0.25, 0.3) is 0 Å². The van der Waals surface area contributed by atoms with Gasteiger partial charge < -0.3 is 28.4 Å². The molecule has 0 radical (unpaired) electrons. The topological polar surface area (TPSA) is 92.8 Å². The second-order valence-electron chi connectivity index (χ2n) is 11.0. The number of para-hydroxylation sites is 1. The van der Waals surface area contributed by atoms with Crippen molar-refractivity contribution in [3.8, 4) is 23.0 Å². The number of hydrogen-bond acceptors (Lipinski definition) is 9. The maximum Gasteiger partial charge on any atom is 0.490 e. The van der Waals surface area contributed by atoms with E-state index in [1.807, 2.05) is 41.3 Å². The molecule has 0 bridgehead atoms. The van der Waals surface area contributed by atoms with Gasteiger partial charge in [-0.25, -0.2) is 9.59 Å².